The second kappa shape index (κ2) is 5.45. The largest absolute Gasteiger partial charge is 0.359 e. The van der Waals surface area contributed by atoms with Crippen LogP contribution in [-0.4, -0.2) is 5.78 Å². The Morgan fingerprint density at radius 2 is 2.06 bits per heavy atom. The standard InChI is InChI=1S/C13H13BrFNO/c14-10-5-6-12(11(15)7-10)16-8-9-3-1-2-4-13(9)17/h5-8,16H,1-4H2/b9-8+. The van der Waals surface area contributed by atoms with E-state index < -0.39 is 0 Å². The Hall–Kier alpha value is -1.16. The van der Waals surface area contributed by atoms with E-state index in [-0.39, 0.29) is 11.6 Å². The van der Waals surface area contributed by atoms with Gasteiger partial charge < -0.3 is 5.32 Å². The number of halogens is 2. The first-order valence-electron chi connectivity index (χ1n) is 5.60. The minimum atomic E-state index is -0.334. The van der Waals surface area contributed by atoms with Crippen LogP contribution in [0.5, 0.6) is 0 Å². The number of nitrogens with one attached hydrogen (secondary N) is 1. The Morgan fingerprint density at radius 3 is 2.76 bits per heavy atom. The lowest BCUT2D eigenvalue weighted by atomic mass is 9.94. The molecule has 90 valence electrons. The van der Waals surface area contributed by atoms with Crippen molar-refractivity contribution >= 4 is 27.4 Å². The molecule has 1 aliphatic rings. The molecule has 0 atom stereocenters. The van der Waals surface area contributed by atoms with Crippen molar-refractivity contribution in [2.75, 3.05) is 5.32 Å². The maximum atomic E-state index is 13.5. The van der Waals surface area contributed by atoms with Gasteiger partial charge in [-0.2, -0.15) is 0 Å². The Kier molecular flexibility index (Phi) is 3.94. The van der Waals surface area contributed by atoms with Gasteiger partial charge in [-0.25, -0.2) is 4.39 Å². The predicted octanol–water partition coefficient (Wildman–Crippen LogP) is 4.03. The highest BCUT2D eigenvalue weighted by Crippen LogP contribution is 2.22. The number of Topliss-reactive ketones (excluding diaryl/α,β-unsaturated/α-hetero) is 1. The fourth-order valence-electron chi connectivity index (χ4n) is 1.83. The van der Waals surface area contributed by atoms with Crippen molar-refractivity contribution in [3.63, 3.8) is 0 Å². The number of hydrogen-bond donors (Lipinski definition) is 1. The summed E-state index contributed by atoms with van der Waals surface area (Å²) in [6.07, 6.45) is 5.01. The number of carbonyl (C=O) groups excluding carboxylic acids is 1. The third-order valence-electron chi connectivity index (χ3n) is 2.79. The number of rotatable bonds is 2. The molecule has 0 saturated heterocycles. The number of carbonyl (C=O) groups is 1. The third-order valence-corrected chi connectivity index (χ3v) is 3.28. The van der Waals surface area contributed by atoms with Gasteiger partial charge in [-0.15, -0.1) is 0 Å². The molecule has 0 unspecified atom stereocenters. The lowest BCUT2D eigenvalue weighted by Gasteiger charge is -2.13. The molecule has 2 nitrogen and oxygen atoms in total. The first kappa shape index (κ1) is 12.3. The maximum Gasteiger partial charge on any atom is 0.160 e. The highest BCUT2D eigenvalue weighted by atomic mass is 79.9. The molecule has 0 aromatic heterocycles. The number of allylic oxidation sites excluding steroid dienone is 1. The van der Waals surface area contributed by atoms with Crippen molar-refractivity contribution in [2.45, 2.75) is 25.7 Å². The molecule has 1 fully saturated rings. The normalized spacial score (nSPS) is 18.5. The van der Waals surface area contributed by atoms with Crippen LogP contribution in [0.3, 0.4) is 0 Å². The molecule has 1 aromatic carbocycles. The van der Waals surface area contributed by atoms with Crippen LogP contribution in [0, 0.1) is 5.82 Å². The average molecular weight is 298 g/mol. The molecular formula is C13H13BrFNO. The van der Waals surface area contributed by atoms with Crippen molar-refractivity contribution in [3.8, 4) is 0 Å². The zero-order chi connectivity index (χ0) is 12.3. The first-order chi connectivity index (χ1) is 8.16. The summed E-state index contributed by atoms with van der Waals surface area (Å²) in [5.74, 6) is -0.166. The van der Waals surface area contributed by atoms with Crippen LogP contribution in [0.2, 0.25) is 0 Å². The molecule has 1 saturated carbocycles. The van der Waals surface area contributed by atoms with E-state index in [1.165, 1.54) is 6.07 Å². The van der Waals surface area contributed by atoms with Crippen LogP contribution in [0.25, 0.3) is 0 Å². The summed E-state index contributed by atoms with van der Waals surface area (Å²) in [4.78, 5) is 11.5. The van der Waals surface area contributed by atoms with E-state index in [9.17, 15) is 9.18 Å². The highest BCUT2D eigenvalue weighted by Gasteiger charge is 2.14. The van der Waals surface area contributed by atoms with Gasteiger partial charge in [-0.3, -0.25) is 4.79 Å². The van der Waals surface area contributed by atoms with Crippen molar-refractivity contribution in [3.05, 3.63) is 40.3 Å². The summed E-state index contributed by atoms with van der Waals surface area (Å²) in [6.45, 7) is 0. The van der Waals surface area contributed by atoms with Crippen LogP contribution in [0.4, 0.5) is 10.1 Å². The predicted molar refractivity (Wildman–Crippen MR) is 69.3 cm³/mol. The fourth-order valence-corrected chi connectivity index (χ4v) is 2.16. The number of benzene rings is 1. The summed E-state index contributed by atoms with van der Waals surface area (Å²) in [7, 11) is 0. The Balaban J connectivity index is 2.10. The molecule has 0 spiro atoms. The van der Waals surface area contributed by atoms with E-state index in [1.54, 1.807) is 18.3 Å². The molecular weight excluding hydrogens is 285 g/mol. The highest BCUT2D eigenvalue weighted by molar-refractivity contribution is 9.10. The maximum absolute atomic E-state index is 13.5. The van der Waals surface area contributed by atoms with E-state index in [2.05, 4.69) is 21.2 Å². The van der Waals surface area contributed by atoms with Crippen LogP contribution >= 0.6 is 15.9 Å². The summed E-state index contributed by atoms with van der Waals surface area (Å²) in [6, 6.07) is 4.79. The summed E-state index contributed by atoms with van der Waals surface area (Å²) in [5.41, 5.74) is 1.15. The molecule has 4 heteroatoms. The van der Waals surface area contributed by atoms with Gasteiger partial charge >= 0.3 is 0 Å². The van der Waals surface area contributed by atoms with E-state index in [0.717, 1.165) is 24.8 Å². The van der Waals surface area contributed by atoms with Gasteiger partial charge in [0.1, 0.15) is 5.82 Å². The second-order valence-electron chi connectivity index (χ2n) is 4.07. The van der Waals surface area contributed by atoms with Gasteiger partial charge in [-0.1, -0.05) is 15.9 Å². The fraction of sp³-hybridized carbons (Fsp3) is 0.308. The van der Waals surface area contributed by atoms with Gasteiger partial charge in [0.05, 0.1) is 5.69 Å². The van der Waals surface area contributed by atoms with E-state index in [4.69, 9.17) is 0 Å². The van der Waals surface area contributed by atoms with Crippen molar-refractivity contribution in [2.24, 2.45) is 0 Å². The van der Waals surface area contributed by atoms with Crippen molar-refractivity contribution in [1.29, 1.82) is 0 Å². The smallest absolute Gasteiger partial charge is 0.160 e. The topological polar surface area (TPSA) is 29.1 Å². The van der Waals surface area contributed by atoms with Crippen LogP contribution < -0.4 is 5.32 Å². The van der Waals surface area contributed by atoms with Crippen molar-refractivity contribution in [1.82, 2.24) is 0 Å². The molecule has 1 aliphatic carbocycles. The summed E-state index contributed by atoms with van der Waals surface area (Å²) < 4.78 is 14.2. The lowest BCUT2D eigenvalue weighted by Crippen LogP contribution is -2.10. The molecule has 1 N–H and O–H groups in total. The summed E-state index contributed by atoms with van der Waals surface area (Å²) >= 11 is 3.20. The lowest BCUT2D eigenvalue weighted by molar-refractivity contribution is -0.116. The van der Waals surface area contributed by atoms with E-state index in [0.29, 0.717) is 16.6 Å². The monoisotopic (exact) mass is 297 g/mol. The Labute approximate surface area is 108 Å². The van der Waals surface area contributed by atoms with Gasteiger partial charge in [0.25, 0.3) is 0 Å². The Morgan fingerprint density at radius 1 is 1.29 bits per heavy atom. The number of ketones is 1. The van der Waals surface area contributed by atoms with Gasteiger partial charge in [0, 0.05) is 22.7 Å². The van der Waals surface area contributed by atoms with Crippen LogP contribution in [-0.2, 0) is 4.79 Å². The zero-order valence-electron chi connectivity index (χ0n) is 9.30. The molecule has 0 heterocycles. The third kappa shape index (κ3) is 3.16. The first-order valence-corrected chi connectivity index (χ1v) is 6.40. The molecule has 0 amide bonds. The summed E-state index contributed by atoms with van der Waals surface area (Å²) in [5, 5.41) is 2.86. The molecule has 2 rings (SSSR count). The molecule has 17 heavy (non-hydrogen) atoms. The van der Waals surface area contributed by atoms with Gasteiger partial charge in [0.15, 0.2) is 5.78 Å². The molecule has 0 aliphatic heterocycles. The molecule has 0 bridgehead atoms. The number of anilines is 1. The van der Waals surface area contributed by atoms with Crippen LogP contribution in [0.15, 0.2) is 34.4 Å². The van der Waals surface area contributed by atoms with E-state index >= 15 is 0 Å². The quantitative estimate of drug-likeness (QED) is 0.835. The Bertz CT molecular complexity index is 470. The zero-order valence-corrected chi connectivity index (χ0v) is 10.9. The molecule has 0 radical (unpaired) electrons. The van der Waals surface area contributed by atoms with Crippen molar-refractivity contribution < 1.29 is 9.18 Å². The average Bonchev–Trinajstić information content (AvgIpc) is 2.30. The van der Waals surface area contributed by atoms with Gasteiger partial charge in [0.2, 0.25) is 0 Å². The van der Waals surface area contributed by atoms with Gasteiger partial charge in [-0.05, 0) is 37.5 Å². The SMILES string of the molecule is O=C1CCCC/C1=C\Nc1ccc(Br)cc1F. The minimum Gasteiger partial charge on any atom is -0.359 e. The van der Waals surface area contributed by atoms with Crippen LogP contribution in [0.1, 0.15) is 25.7 Å². The number of hydrogen-bond acceptors (Lipinski definition) is 2. The second-order valence-corrected chi connectivity index (χ2v) is 4.98. The molecule has 1 aromatic rings. The van der Waals surface area contributed by atoms with E-state index in [1.807, 2.05) is 0 Å². The minimum absolute atomic E-state index is 0.168.